The van der Waals surface area contributed by atoms with Crippen LogP contribution in [0.3, 0.4) is 0 Å². The van der Waals surface area contributed by atoms with Crippen LogP contribution < -0.4 is 0 Å². The predicted molar refractivity (Wildman–Crippen MR) is 109 cm³/mol. The highest BCUT2D eigenvalue weighted by Gasteiger charge is 2.29. The van der Waals surface area contributed by atoms with Crippen LogP contribution in [0, 0.1) is 20.2 Å². The third kappa shape index (κ3) is 12.8. The molecular formula is C20H33N2O7. The monoisotopic (exact) mass is 413 g/mol. The van der Waals surface area contributed by atoms with Gasteiger partial charge in [0.1, 0.15) is 12.2 Å². The van der Waals surface area contributed by atoms with Crippen LogP contribution in [0.15, 0.2) is 24.3 Å². The zero-order chi connectivity index (χ0) is 22.1. The fraction of sp³-hybridized carbons (Fsp3) is 0.750. The van der Waals surface area contributed by atoms with Crippen LogP contribution in [0.4, 0.5) is 0 Å². The molecule has 0 aromatic rings. The molecular weight excluding hydrogens is 380 g/mol. The normalized spacial score (nSPS) is 16.0. The third-order valence-electron chi connectivity index (χ3n) is 4.65. The van der Waals surface area contributed by atoms with E-state index in [1.54, 1.807) is 18.4 Å². The summed E-state index contributed by atoms with van der Waals surface area (Å²) in [6, 6.07) is -2.20. The largest absolute Gasteiger partial charge is 0.386 e. The van der Waals surface area contributed by atoms with Crippen LogP contribution >= 0.6 is 0 Å². The Hall–Kier alpha value is -2.13. The molecule has 0 aliphatic rings. The summed E-state index contributed by atoms with van der Waals surface area (Å²) in [6.45, 7) is 1.99. The van der Waals surface area contributed by atoms with E-state index in [-0.39, 0.29) is 19.3 Å². The second kappa shape index (κ2) is 16.8. The molecule has 0 aromatic carbocycles. The Bertz CT molecular complexity index is 537. The van der Waals surface area contributed by atoms with Gasteiger partial charge in [-0.3, -0.25) is 25.0 Å². The van der Waals surface area contributed by atoms with Crippen molar-refractivity contribution in [1.82, 2.24) is 0 Å². The number of hydrogen-bond donors (Lipinski definition) is 2. The molecule has 0 bridgehead atoms. The summed E-state index contributed by atoms with van der Waals surface area (Å²) in [4.78, 5) is 31.4. The Kier molecular flexibility index (Phi) is 15.6. The first-order chi connectivity index (χ1) is 13.8. The van der Waals surface area contributed by atoms with Gasteiger partial charge in [0.25, 0.3) is 0 Å². The second-order valence-electron chi connectivity index (χ2n) is 7.02. The van der Waals surface area contributed by atoms with Crippen molar-refractivity contribution < 1.29 is 24.9 Å². The first kappa shape index (κ1) is 26.9. The number of allylic oxidation sites excluding steroid dienone is 1. The van der Waals surface area contributed by atoms with Gasteiger partial charge in [-0.1, -0.05) is 44.1 Å². The highest BCUT2D eigenvalue weighted by Crippen LogP contribution is 2.14. The quantitative estimate of drug-likeness (QED) is 0.152. The summed E-state index contributed by atoms with van der Waals surface area (Å²) >= 11 is 0. The lowest BCUT2D eigenvalue weighted by Gasteiger charge is -2.15. The van der Waals surface area contributed by atoms with Crippen molar-refractivity contribution in [2.75, 3.05) is 0 Å². The number of aliphatic hydroxyl groups is 2. The van der Waals surface area contributed by atoms with Gasteiger partial charge in [-0.2, -0.15) is 0 Å². The van der Waals surface area contributed by atoms with Crippen molar-refractivity contribution in [3.05, 3.63) is 44.5 Å². The Morgan fingerprint density at radius 1 is 0.862 bits per heavy atom. The molecule has 0 amide bonds. The molecule has 0 spiro atoms. The highest BCUT2D eigenvalue weighted by molar-refractivity contribution is 5.50. The van der Waals surface area contributed by atoms with Gasteiger partial charge in [0.2, 0.25) is 12.1 Å². The summed E-state index contributed by atoms with van der Waals surface area (Å²) < 4.78 is 0. The molecule has 0 saturated carbocycles. The lowest BCUT2D eigenvalue weighted by atomic mass is 10.0. The van der Waals surface area contributed by atoms with Crippen molar-refractivity contribution in [3.63, 3.8) is 0 Å². The van der Waals surface area contributed by atoms with E-state index < -0.39 is 34.1 Å². The number of nitrogens with zero attached hydrogens (tertiary/aromatic N) is 2. The summed E-state index contributed by atoms with van der Waals surface area (Å²) in [5.74, 6) is 0. The fourth-order valence-corrected chi connectivity index (χ4v) is 2.86. The number of aliphatic hydroxyl groups excluding tert-OH is 2. The summed E-state index contributed by atoms with van der Waals surface area (Å²) in [6.07, 6.45) is 10.3. The Morgan fingerprint density at radius 3 is 1.93 bits per heavy atom. The highest BCUT2D eigenvalue weighted by atomic mass is 16.6. The minimum Gasteiger partial charge on any atom is -0.386 e. The average molecular weight is 413 g/mol. The second-order valence-corrected chi connectivity index (χ2v) is 7.02. The van der Waals surface area contributed by atoms with Crippen LogP contribution in [-0.4, -0.2) is 50.6 Å². The van der Waals surface area contributed by atoms with Crippen LogP contribution in [0.1, 0.15) is 71.1 Å². The average Bonchev–Trinajstić information content (AvgIpc) is 2.67. The molecule has 165 valence electrons. The number of rotatable bonds is 18. The smallest absolute Gasteiger partial charge is 0.242 e. The lowest BCUT2D eigenvalue weighted by molar-refractivity contribution is -0.535. The number of nitro groups is 2. The molecule has 4 unspecified atom stereocenters. The first-order valence-corrected chi connectivity index (χ1v) is 10.1. The minimum atomic E-state index is -1.21. The zero-order valence-electron chi connectivity index (χ0n) is 17.0. The maximum Gasteiger partial charge on any atom is 0.242 e. The number of hydrogen-bond acceptors (Lipinski definition) is 7. The molecule has 0 saturated heterocycles. The van der Waals surface area contributed by atoms with E-state index in [1.165, 1.54) is 12.2 Å². The molecule has 9 heteroatoms. The van der Waals surface area contributed by atoms with E-state index >= 15 is 0 Å². The van der Waals surface area contributed by atoms with Crippen LogP contribution in [0.5, 0.6) is 0 Å². The molecule has 0 fully saturated rings. The summed E-state index contributed by atoms with van der Waals surface area (Å²) in [7, 11) is 0. The fourth-order valence-electron chi connectivity index (χ4n) is 2.86. The van der Waals surface area contributed by atoms with Crippen molar-refractivity contribution in [1.29, 1.82) is 0 Å². The Labute approximate surface area is 171 Å². The Balaban J connectivity index is 4.48. The molecule has 2 N–H and O–H groups in total. The van der Waals surface area contributed by atoms with Crippen LogP contribution in [0.25, 0.3) is 0 Å². The van der Waals surface area contributed by atoms with Gasteiger partial charge < -0.3 is 10.2 Å². The molecule has 1 radical (unpaired) electrons. The van der Waals surface area contributed by atoms with Crippen molar-refractivity contribution in [2.45, 2.75) is 95.4 Å². The van der Waals surface area contributed by atoms with E-state index in [0.717, 1.165) is 12.8 Å². The molecule has 0 aliphatic carbocycles. The molecule has 29 heavy (non-hydrogen) atoms. The van der Waals surface area contributed by atoms with Crippen LogP contribution in [-0.2, 0) is 4.79 Å². The van der Waals surface area contributed by atoms with Gasteiger partial charge in [-0.05, 0) is 32.1 Å². The van der Waals surface area contributed by atoms with Gasteiger partial charge in [0.15, 0.2) is 6.29 Å². The number of unbranched alkanes of at least 4 members (excludes halogenated alkanes) is 4. The molecule has 0 rings (SSSR count). The van der Waals surface area contributed by atoms with E-state index in [9.17, 15) is 35.2 Å². The van der Waals surface area contributed by atoms with Crippen molar-refractivity contribution in [2.24, 2.45) is 0 Å². The van der Waals surface area contributed by atoms with Crippen molar-refractivity contribution >= 4 is 6.29 Å². The molecule has 9 nitrogen and oxygen atoms in total. The number of carbonyl (C=O) groups excluding carboxylic acids is 1. The summed E-state index contributed by atoms with van der Waals surface area (Å²) in [5, 5.41) is 42.4. The third-order valence-corrected chi connectivity index (χ3v) is 4.65. The topological polar surface area (TPSA) is 144 Å². The Morgan fingerprint density at radius 2 is 1.41 bits per heavy atom. The lowest BCUT2D eigenvalue weighted by Crippen LogP contribution is -2.33. The molecule has 0 aromatic heterocycles. The van der Waals surface area contributed by atoms with E-state index in [0.29, 0.717) is 32.1 Å². The van der Waals surface area contributed by atoms with Gasteiger partial charge in [-0.25, -0.2) is 0 Å². The first-order valence-electron chi connectivity index (χ1n) is 10.1. The molecule has 4 atom stereocenters. The van der Waals surface area contributed by atoms with Gasteiger partial charge in [0, 0.05) is 29.1 Å². The minimum absolute atomic E-state index is 0.0191. The van der Waals surface area contributed by atoms with E-state index in [1.807, 2.05) is 6.92 Å². The predicted octanol–water partition coefficient (Wildman–Crippen LogP) is 3.14. The maximum absolute atomic E-state index is 11.2. The maximum atomic E-state index is 11.2. The van der Waals surface area contributed by atoms with E-state index in [2.05, 4.69) is 0 Å². The molecule has 0 heterocycles. The van der Waals surface area contributed by atoms with Gasteiger partial charge in [0.05, 0.1) is 0 Å². The van der Waals surface area contributed by atoms with Gasteiger partial charge in [-0.15, -0.1) is 0 Å². The van der Waals surface area contributed by atoms with Crippen LogP contribution in [0.2, 0.25) is 0 Å². The molecule has 0 aliphatic heterocycles. The van der Waals surface area contributed by atoms with E-state index in [4.69, 9.17) is 0 Å². The van der Waals surface area contributed by atoms with Crippen molar-refractivity contribution in [3.8, 4) is 0 Å². The summed E-state index contributed by atoms with van der Waals surface area (Å²) in [5.41, 5.74) is 0. The standard InChI is InChI=1S/C20H33N2O7/c1-2-3-7-12-17(21(26)27)19(24)14-9-10-15-20(25)18(22(28)29)13-8-5-4-6-11-16-23/h5,8-10,17-20,24-25H,2-4,6-7,11-15H2,1H3/b8-5-,10-9-. The zero-order valence-corrected chi connectivity index (χ0v) is 17.0. The van der Waals surface area contributed by atoms with Gasteiger partial charge >= 0.3 is 0 Å². The SMILES string of the molecule is CCCCCC(C(O)C/C=C\CC(O)C(C/C=C\CCC[C]=O)[N+](=O)[O-])[N+](=O)[O-].